The lowest BCUT2D eigenvalue weighted by atomic mass is 10.0. The topological polar surface area (TPSA) is 122 Å². The van der Waals surface area contributed by atoms with Crippen LogP contribution in [0.15, 0.2) is 48.5 Å². The van der Waals surface area contributed by atoms with Crippen molar-refractivity contribution in [3.63, 3.8) is 0 Å². The molecule has 4 rings (SSSR count). The Balaban J connectivity index is 1.38. The van der Waals surface area contributed by atoms with Crippen LogP contribution in [-0.2, 0) is 11.2 Å². The average Bonchev–Trinajstić information content (AvgIpc) is 2.93. The molecule has 0 radical (unpaired) electrons. The highest BCUT2D eigenvalue weighted by atomic mass is 35.5. The van der Waals surface area contributed by atoms with Crippen molar-refractivity contribution >= 4 is 23.7 Å². The quantitative estimate of drug-likeness (QED) is 0.304. The molecule has 0 fully saturated rings. The number of fused-ring (bicyclic) bond motifs is 1. The maximum absolute atomic E-state index is 12.7. The lowest BCUT2D eigenvalue weighted by Crippen LogP contribution is -2.25. The van der Waals surface area contributed by atoms with Crippen molar-refractivity contribution in [1.82, 2.24) is 5.32 Å². The van der Waals surface area contributed by atoms with E-state index < -0.39 is 12.3 Å². The summed E-state index contributed by atoms with van der Waals surface area (Å²) in [5.74, 6) is 2.79. The van der Waals surface area contributed by atoms with Crippen LogP contribution in [0, 0.1) is 0 Å². The van der Waals surface area contributed by atoms with Gasteiger partial charge in [-0.15, -0.1) is 0 Å². The van der Waals surface area contributed by atoms with E-state index in [-0.39, 0.29) is 10.9 Å². The summed E-state index contributed by atoms with van der Waals surface area (Å²) in [5.41, 5.74) is 1.80. The number of nitrogens with one attached hydrogen (secondary N) is 1. The van der Waals surface area contributed by atoms with E-state index in [0.717, 1.165) is 5.56 Å². The molecule has 0 bridgehead atoms. The summed E-state index contributed by atoms with van der Waals surface area (Å²) in [5, 5.41) is 12.1. The highest BCUT2D eigenvalue weighted by Crippen LogP contribution is 2.42. The van der Waals surface area contributed by atoms with Gasteiger partial charge in [-0.25, -0.2) is 4.79 Å². The normalized spacial score (nSPS) is 13.9. The lowest BCUT2D eigenvalue weighted by Gasteiger charge is -2.25. The second-order valence-corrected chi connectivity index (χ2v) is 8.88. The van der Waals surface area contributed by atoms with Gasteiger partial charge in [0, 0.05) is 47.9 Å². The van der Waals surface area contributed by atoms with Gasteiger partial charge in [-0.3, -0.25) is 4.79 Å². The zero-order chi connectivity index (χ0) is 27.9. The summed E-state index contributed by atoms with van der Waals surface area (Å²) < 4.78 is 32.7. The second kappa shape index (κ2) is 12.5. The zero-order valence-corrected chi connectivity index (χ0v) is 22.4. The number of hydrogen-bond donors (Lipinski definition) is 2. The van der Waals surface area contributed by atoms with Gasteiger partial charge in [-0.05, 0) is 36.8 Å². The van der Waals surface area contributed by atoms with Gasteiger partial charge in [0.2, 0.25) is 0 Å². The minimum atomic E-state index is -1.37. The van der Waals surface area contributed by atoms with Crippen LogP contribution in [0.4, 0.5) is 4.79 Å². The van der Waals surface area contributed by atoms with Crippen LogP contribution in [0.25, 0.3) is 0 Å². The first-order valence-corrected chi connectivity index (χ1v) is 12.4. The Hall–Kier alpha value is -4.31. The molecule has 10 nitrogen and oxygen atoms in total. The van der Waals surface area contributed by atoms with Crippen LogP contribution in [0.1, 0.15) is 34.0 Å². The molecule has 0 saturated carbocycles. The average molecular weight is 558 g/mol. The van der Waals surface area contributed by atoms with Crippen molar-refractivity contribution in [2.45, 2.75) is 18.9 Å². The van der Waals surface area contributed by atoms with E-state index in [0.29, 0.717) is 71.6 Å². The van der Waals surface area contributed by atoms with Gasteiger partial charge in [0.15, 0.2) is 0 Å². The Morgan fingerprint density at radius 3 is 2.28 bits per heavy atom. The predicted octanol–water partition coefficient (Wildman–Crippen LogP) is 5.65. The molecule has 3 aromatic rings. The first-order chi connectivity index (χ1) is 18.8. The van der Waals surface area contributed by atoms with Gasteiger partial charge >= 0.3 is 6.16 Å². The number of amides is 1. The fourth-order valence-corrected chi connectivity index (χ4v) is 4.42. The van der Waals surface area contributed by atoms with Crippen molar-refractivity contribution in [2.24, 2.45) is 0 Å². The van der Waals surface area contributed by atoms with E-state index in [1.54, 1.807) is 69.9 Å². The molecular weight excluding hydrogens is 530 g/mol. The molecule has 0 aromatic heterocycles. The van der Waals surface area contributed by atoms with Gasteiger partial charge in [0.1, 0.15) is 40.6 Å². The number of carbonyl (C=O) groups is 2. The smallest absolute Gasteiger partial charge is 0.496 e. The Morgan fingerprint density at radius 2 is 1.67 bits per heavy atom. The number of carboxylic acid groups (broad SMARTS) is 1. The standard InChI is InChI=1S/C28H28ClNO9/c1-34-18-12-23(35-2)19(24(13-18)36-3)8-10-30-27(31)16-4-6-17(7-5-16)38-26-15-25-20(14-21(26)29)22(9-11-37-25)39-28(32)33/h4-7,12-15,22H,8-11H2,1-3H3,(H,30,31)(H,32,33). The molecule has 3 aromatic carbocycles. The first kappa shape index (κ1) is 27.7. The summed E-state index contributed by atoms with van der Waals surface area (Å²) >= 11 is 6.39. The van der Waals surface area contributed by atoms with Crippen molar-refractivity contribution in [1.29, 1.82) is 0 Å². The molecular formula is C28H28ClNO9. The van der Waals surface area contributed by atoms with Gasteiger partial charge in [0.25, 0.3) is 5.91 Å². The lowest BCUT2D eigenvalue weighted by molar-refractivity contribution is 0.0326. The van der Waals surface area contributed by atoms with E-state index in [9.17, 15) is 9.59 Å². The maximum Gasteiger partial charge on any atom is 0.506 e. The van der Waals surface area contributed by atoms with E-state index in [4.69, 9.17) is 45.1 Å². The molecule has 1 aliphatic heterocycles. The van der Waals surface area contributed by atoms with E-state index in [1.807, 2.05) is 0 Å². The monoisotopic (exact) mass is 557 g/mol. The third-order valence-electron chi connectivity index (χ3n) is 6.11. The van der Waals surface area contributed by atoms with Crippen LogP contribution in [-0.4, -0.2) is 51.7 Å². The summed E-state index contributed by atoms with van der Waals surface area (Å²) in [6.07, 6.45) is -1.16. The molecule has 206 valence electrons. The number of methoxy groups -OCH3 is 3. The minimum Gasteiger partial charge on any atom is -0.496 e. The van der Waals surface area contributed by atoms with E-state index >= 15 is 0 Å². The summed E-state index contributed by atoms with van der Waals surface area (Å²) in [6, 6.07) is 13.3. The number of ether oxygens (including phenoxy) is 6. The van der Waals surface area contributed by atoms with Gasteiger partial charge in [0.05, 0.1) is 33.0 Å². The second-order valence-electron chi connectivity index (χ2n) is 8.47. The highest BCUT2D eigenvalue weighted by molar-refractivity contribution is 6.32. The molecule has 1 aliphatic rings. The van der Waals surface area contributed by atoms with Crippen LogP contribution < -0.4 is 29.0 Å². The van der Waals surface area contributed by atoms with E-state index in [1.165, 1.54) is 0 Å². The Kier molecular flexibility index (Phi) is 8.88. The van der Waals surface area contributed by atoms with E-state index in [2.05, 4.69) is 5.32 Å². The summed E-state index contributed by atoms with van der Waals surface area (Å²) in [4.78, 5) is 23.7. The zero-order valence-electron chi connectivity index (χ0n) is 21.6. The molecule has 1 heterocycles. The Labute approximate surface area is 230 Å². The van der Waals surface area contributed by atoms with Crippen LogP contribution in [0.2, 0.25) is 5.02 Å². The fraction of sp³-hybridized carbons (Fsp3) is 0.286. The van der Waals surface area contributed by atoms with Crippen molar-refractivity contribution in [3.05, 3.63) is 70.2 Å². The molecule has 11 heteroatoms. The fourth-order valence-electron chi connectivity index (χ4n) is 4.21. The number of carbonyl (C=O) groups excluding carboxylic acids is 1. The predicted molar refractivity (Wildman–Crippen MR) is 142 cm³/mol. The third-order valence-corrected chi connectivity index (χ3v) is 6.41. The molecule has 1 unspecified atom stereocenters. The summed E-state index contributed by atoms with van der Waals surface area (Å²) in [7, 11) is 4.69. The third kappa shape index (κ3) is 6.58. The van der Waals surface area contributed by atoms with Crippen molar-refractivity contribution in [3.8, 4) is 34.5 Å². The molecule has 0 saturated heterocycles. The SMILES string of the molecule is COc1cc(OC)c(CCNC(=O)c2ccc(Oc3cc4c(cc3Cl)C(OC(=O)O)CCO4)cc2)c(OC)c1. The van der Waals surface area contributed by atoms with Gasteiger partial charge in [-0.2, -0.15) is 0 Å². The van der Waals surface area contributed by atoms with Crippen LogP contribution >= 0.6 is 11.6 Å². The van der Waals surface area contributed by atoms with Crippen LogP contribution in [0.3, 0.4) is 0 Å². The Bertz CT molecular complexity index is 1320. The molecule has 1 amide bonds. The molecule has 39 heavy (non-hydrogen) atoms. The number of halogens is 1. The molecule has 1 atom stereocenters. The number of benzene rings is 3. The van der Waals surface area contributed by atoms with Gasteiger partial charge < -0.3 is 38.8 Å². The largest absolute Gasteiger partial charge is 0.506 e. The molecule has 0 aliphatic carbocycles. The molecule has 0 spiro atoms. The number of rotatable bonds is 10. The van der Waals surface area contributed by atoms with Gasteiger partial charge in [-0.1, -0.05) is 11.6 Å². The first-order valence-electron chi connectivity index (χ1n) is 12.0. The van der Waals surface area contributed by atoms with Crippen molar-refractivity contribution in [2.75, 3.05) is 34.5 Å². The summed E-state index contributed by atoms with van der Waals surface area (Å²) in [6.45, 7) is 0.654. The number of hydrogen-bond acceptors (Lipinski definition) is 8. The molecule has 2 N–H and O–H groups in total. The minimum absolute atomic E-state index is 0.252. The highest BCUT2D eigenvalue weighted by Gasteiger charge is 2.27. The van der Waals surface area contributed by atoms with Crippen LogP contribution in [0.5, 0.6) is 34.5 Å². The van der Waals surface area contributed by atoms with Crippen molar-refractivity contribution < 1.29 is 43.1 Å². The maximum atomic E-state index is 12.7. The Morgan fingerprint density at radius 1 is 0.974 bits per heavy atom.